The molecular formula is C35H43N9O4S. The fourth-order valence-corrected chi connectivity index (χ4v) is 6.70. The van der Waals surface area contributed by atoms with Crippen LogP contribution in [0.1, 0.15) is 35.6 Å². The van der Waals surface area contributed by atoms with Crippen molar-refractivity contribution in [3.63, 3.8) is 0 Å². The number of carbonyl (C=O) groups excluding carboxylic acids is 1. The van der Waals surface area contributed by atoms with E-state index in [4.69, 9.17) is 9.47 Å². The highest BCUT2D eigenvalue weighted by Gasteiger charge is 2.27. The van der Waals surface area contributed by atoms with E-state index in [9.17, 15) is 9.00 Å². The summed E-state index contributed by atoms with van der Waals surface area (Å²) in [6.45, 7) is 3.75. The number of pyridine rings is 1. The van der Waals surface area contributed by atoms with Crippen molar-refractivity contribution in [3.8, 4) is 17.3 Å². The third-order valence-electron chi connectivity index (χ3n) is 8.87. The first-order chi connectivity index (χ1) is 23.8. The number of anilines is 2. The van der Waals surface area contributed by atoms with Gasteiger partial charge >= 0.3 is 0 Å². The maximum Gasteiger partial charge on any atom is 0.237 e. The highest BCUT2D eigenvalue weighted by Crippen LogP contribution is 2.35. The van der Waals surface area contributed by atoms with Gasteiger partial charge in [0.05, 0.1) is 31.5 Å². The molecule has 2 aromatic carbocycles. The van der Waals surface area contributed by atoms with E-state index in [1.807, 2.05) is 42.3 Å². The molecule has 13 nitrogen and oxygen atoms in total. The zero-order valence-corrected chi connectivity index (χ0v) is 29.1. The summed E-state index contributed by atoms with van der Waals surface area (Å²) < 4.78 is 26.5. The molecule has 5 heterocycles. The molecule has 2 aromatic heterocycles. The molecule has 3 N–H and O–H groups in total. The Balaban J connectivity index is 0.000000177. The van der Waals surface area contributed by atoms with Crippen LogP contribution in [0.3, 0.4) is 0 Å². The lowest BCUT2D eigenvalue weighted by Gasteiger charge is -2.28. The molecule has 14 heteroatoms. The molecule has 3 aliphatic heterocycles. The molecule has 0 radical (unpaired) electrons. The standard InChI is InChI=1S/C21H27N5O2.C14H16N4O2S/c1-24-15-22-21(23-24)18-5-3-16(4-6-18)17-7-11-26(12-8-17)20(27)14-25-10-9-19(13-25)28-2;1-20-13-7-9(5-6-15-13)14-11-8-10(18-21(2)19)3-4-12(11)16-17-14/h3-7,15,19H,8-14H2,1-2H3;3-8,14,16-18H,1-2H3/t19-;/m0./s1. The topological polar surface area (TPSA) is 139 Å². The molecule has 3 atom stereocenters. The minimum atomic E-state index is -1.09. The summed E-state index contributed by atoms with van der Waals surface area (Å²) in [6.07, 6.45) is 9.37. The second-order valence-electron chi connectivity index (χ2n) is 12.2. The van der Waals surface area contributed by atoms with Crippen molar-refractivity contribution in [1.29, 1.82) is 0 Å². The van der Waals surface area contributed by atoms with E-state index in [1.54, 1.807) is 37.7 Å². The van der Waals surface area contributed by atoms with Crippen LogP contribution in [0.4, 0.5) is 11.4 Å². The molecule has 0 saturated carbocycles. The minimum Gasteiger partial charge on any atom is -0.481 e. The molecule has 1 saturated heterocycles. The second kappa shape index (κ2) is 15.7. The van der Waals surface area contributed by atoms with Gasteiger partial charge in [-0.1, -0.05) is 30.3 Å². The van der Waals surface area contributed by atoms with Crippen LogP contribution in [0.2, 0.25) is 0 Å². The minimum absolute atomic E-state index is 0.0102. The van der Waals surface area contributed by atoms with Gasteiger partial charge in [-0.15, -0.1) is 0 Å². The summed E-state index contributed by atoms with van der Waals surface area (Å²) >= 11 is 0. The van der Waals surface area contributed by atoms with E-state index >= 15 is 0 Å². The highest BCUT2D eigenvalue weighted by molar-refractivity contribution is 7.85. The number of aromatic nitrogens is 4. The van der Waals surface area contributed by atoms with Gasteiger partial charge in [-0.05, 0) is 53.8 Å². The average Bonchev–Trinajstić information content (AvgIpc) is 3.88. The number of fused-ring (bicyclic) bond motifs is 1. The lowest BCUT2D eigenvalue weighted by atomic mass is 9.98. The Labute approximate surface area is 289 Å². The number of methoxy groups -OCH3 is 2. The molecule has 7 rings (SSSR count). The molecule has 1 amide bonds. The molecule has 2 unspecified atom stereocenters. The summed E-state index contributed by atoms with van der Waals surface area (Å²) in [7, 11) is 4.11. The average molecular weight is 686 g/mol. The number of hydrogen-bond donors (Lipinski definition) is 3. The van der Waals surface area contributed by atoms with Gasteiger partial charge in [-0.3, -0.25) is 14.4 Å². The molecule has 0 bridgehead atoms. The number of nitrogens with zero attached hydrogens (tertiary/aromatic N) is 6. The maximum absolute atomic E-state index is 12.6. The van der Waals surface area contributed by atoms with Gasteiger partial charge in [0.1, 0.15) is 17.3 Å². The van der Waals surface area contributed by atoms with Crippen molar-refractivity contribution >= 4 is 33.8 Å². The molecule has 0 spiro atoms. The van der Waals surface area contributed by atoms with Crippen molar-refractivity contribution in [2.45, 2.75) is 25.0 Å². The van der Waals surface area contributed by atoms with Crippen molar-refractivity contribution in [3.05, 3.63) is 89.9 Å². The molecule has 258 valence electrons. The van der Waals surface area contributed by atoms with Crippen LogP contribution in [0.5, 0.6) is 5.88 Å². The Morgan fingerprint density at radius 3 is 2.55 bits per heavy atom. The molecule has 3 aliphatic rings. The van der Waals surface area contributed by atoms with Crippen LogP contribution in [-0.4, -0.2) is 99.0 Å². The first-order valence-electron chi connectivity index (χ1n) is 16.2. The molecule has 1 fully saturated rings. The van der Waals surface area contributed by atoms with Gasteiger partial charge in [0, 0.05) is 75.7 Å². The number of aryl methyl sites for hydroxylation is 1. The van der Waals surface area contributed by atoms with E-state index < -0.39 is 11.0 Å². The van der Waals surface area contributed by atoms with Crippen molar-refractivity contribution in [2.75, 3.05) is 63.3 Å². The fraction of sp³-hybridized carbons (Fsp3) is 0.371. The van der Waals surface area contributed by atoms with E-state index in [-0.39, 0.29) is 18.1 Å². The lowest BCUT2D eigenvalue weighted by Crippen LogP contribution is -2.41. The van der Waals surface area contributed by atoms with Crippen molar-refractivity contribution < 1.29 is 18.5 Å². The highest BCUT2D eigenvalue weighted by atomic mass is 32.2. The van der Waals surface area contributed by atoms with Crippen molar-refractivity contribution in [1.82, 2.24) is 35.0 Å². The summed E-state index contributed by atoms with van der Waals surface area (Å²) in [4.78, 5) is 25.2. The number of likely N-dealkylation sites (tertiary alicyclic amines) is 1. The second-order valence-corrected chi connectivity index (χ2v) is 13.3. The summed E-state index contributed by atoms with van der Waals surface area (Å²) in [5.74, 6) is 1.52. The van der Waals surface area contributed by atoms with Gasteiger partial charge < -0.3 is 24.5 Å². The molecule has 49 heavy (non-hydrogen) atoms. The van der Waals surface area contributed by atoms with Gasteiger partial charge in [-0.25, -0.2) is 19.6 Å². The van der Waals surface area contributed by atoms with Gasteiger partial charge in [0.15, 0.2) is 5.82 Å². The van der Waals surface area contributed by atoms with Crippen LogP contribution in [0.15, 0.2) is 73.2 Å². The first kappa shape index (κ1) is 34.2. The number of hydrogen-bond acceptors (Lipinski definition) is 10. The summed E-state index contributed by atoms with van der Waals surface area (Å²) in [5.41, 5.74) is 13.9. The number of carbonyl (C=O) groups is 1. The van der Waals surface area contributed by atoms with E-state index in [1.165, 1.54) is 11.1 Å². The van der Waals surface area contributed by atoms with Crippen LogP contribution in [0.25, 0.3) is 17.0 Å². The van der Waals surface area contributed by atoms with E-state index in [2.05, 4.69) is 65.9 Å². The zero-order valence-electron chi connectivity index (χ0n) is 28.3. The van der Waals surface area contributed by atoms with E-state index in [0.29, 0.717) is 19.0 Å². The third-order valence-corrected chi connectivity index (χ3v) is 9.40. The molecule has 0 aliphatic carbocycles. The molecule has 4 aromatic rings. The SMILES string of the molecule is CO[C@H]1CCN(CC(=O)N2CC=C(c3ccc(-c4ncn(C)n4)cc3)CC2)C1.COc1cc(C2NNc3ccc(NS(C)=O)cc32)ccn1. The van der Waals surface area contributed by atoms with Crippen LogP contribution in [-0.2, 0) is 27.6 Å². The summed E-state index contributed by atoms with van der Waals surface area (Å²) in [5, 5.41) is 4.34. The Morgan fingerprint density at radius 1 is 1.06 bits per heavy atom. The number of ether oxygens (including phenoxy) is 2. The number of hydrazine groups is 1. The lowest BCUT2D eigenvalue weighted by molar-refractivity contribution is -0.131. The Morgan fingerprint density at radius 2 is 1.88 bits per heavy atom. The predicted octanol–water partition coefficient (Wildman–Crippen LogP) is 3.63. The number of rotatable bonds is 9. The number of nitrogens with one attached hydrogen (secondary N) is 3. The Bertz CT molecular complexity index is 1810. The first-order valence-corrected chi connectivity index (χ1v) is 17.8. The van der Waals surface area contributed by atoms with Crippen LogP contribution >= 0.6 is 0 Å². The van der Waals surface area contributed by atoms with Crippen LogP contribution in [0, 0.1) is 0 Å². The van der Waals surface area contributed by atoms with Crippen LogP contribution < -0.4 is 20.3 Å². The van der Waals surface area contributed by atoms with Gasteiger partial charge in [0.2, 0.25) is 11.8 Å². The summed E-state index contributed by atoms with van der Waals surface area (Å²) in [6, 6.07) is 18.0. The Hall–Kier alpha value is -4.63. The predicted molar refractivity (Wildman–Crippen MR) is 191 cm³/mol. The largest absolute Gasteiger partial charge is 0.481 e. The number of benzene rings is 2. The third kappa shape index (κ3) is 8.51. The maximum atomic E-state index is 12.6. The quantitative estimate of drug-likeness (QED) is 0.240. The normalized spacial score (nSPS) is 19.3. The Kier molecular flexibility index (Phi) is 11.0. The number of amides is 1. The zero-order chi connectivity index (χ0) is 34.3. The molecular weight excluding hydrogens is 643 g/mol. The smallest absolute Gasteiger partial charge is 0.237 e. The van der Waals surface area contributed by atoms with Crippen molar-refractivity contribution in [2.24, 2.45) is 7.05 Å². The fourth-order valence-electron chi connectivity index (χ4n) is 6.24. The monoisotopic (exact) mass is 685 g/mol. The van der Waals surface area contributed by atoms with E-state index in [0.717, 1.165) is 66.4 Å². The van der Waals surface area contributed by atoms with Gasteiger partial charge in [0.25, 0.3) is 0 Å². The van der Waals surface area contributed by atoms with Gasteiger partial charge in [-0.2, -0.15) is 5.10 Å².